The van der Waals surface area contributed by atoms with E-state index in [1.807, 2.05) is 12.3 Å². The highest BCUT2D eigenvalue weighted by atomic mass is 79.9. The van der Waals surface area contributed by atoms with Crippen LogP contribution in [0.4, 0.5) is 5.82 Å². The highest BCUT2D eigenvalue weighted by Crippen LogP contribution is 2.23. The summed E-state index contributed by atoms with van der Waals surface area (Å²) in [4.78, 5) is 9.31. The van der Waals surface area contributed by atoms with Crippen molar-refractivity contribution in [2.45, 2.75) is 18.3 Å². The van der Waals surface area contributed by atoms with Crippen LogP contribution in [0.2, 0.25) is 0 Å². The van der Waals surface area contributed by atoms with Gasteiger partial charge in [-0.25, -0.2) is 4.98 Å². The molecule has 1 atom stereocenters. The van der Waals surface area contributed by atoms with Crippen molar-refractivity contribution in [2.24, 2.45) is 0 Å². The van der Waals surface area contributed by atoms with Gasteiger partial charge in [0.1, 0.15) is 5.82 Å². The van der Waals surface area contributed by atoms with Gasteiger partial charge in [0, 0.05) is 42.8 Å². The lowest BCUT2D eigenvalue weighted by Crippen LogP contribution is -2.51. The van der Waals surface area contributed by atoms with Gasteiger partial charge in [0.15, 0.2) is 0 Å². The third-order valence-electron chi connectivity index (χ3n) is 3.11. The molecule has 0 radical (unpaired) electrons. The zero-order valence-corrected chi connectivity index (χ0v) is 11.4. The smallest absolute Gasteiger partial charge is 0.132 e. The fraction of sp³-hybridized carbons (Fsp3) is 0.583. The van der Waals surface area contributed by atoms with Crippen LogP contribution in [-0.4, -0.2) is 42.6 Å². The standard InChI is InChI=1S/C12H18BrN3/c1-10-9-15(2)6-7-16(10)12-11(8-13)4-3-5-14-12/h3-5,10H,6-9H2,1-2H3. The van der Waals surface area contributed by atoms with Gasteiger partial charge < -0.3 is 9.80 Å². The van der Waals surface area contributed by atoms with Gasteiger partial charge in [0.2, 0.25) is 0 Å². The number of piperazine rings is 1. The third kappa shape index (κ3) is 2.38. The summed E-state index contributed by atoms with van der Waals surface area (Å²) >= 11 is 3.53. The first kappa shape index (κ1) is 11.9. The Morgan fingerprint density at radius 3 is 3.00 bits per heavy atom. The number of hydrogen-bond acceptors (Lipinski definition) is 3. The van der Waals surface area contributed by atoms with Gasteiger partial charge in [-0.05, 0) is 20.0 Å². The van der Waals surface area contributed by atoms with Gasteiger partial charge in [0.25, 0.3) is 0 Å². The minimum Gasteiger partial charge on any atom is -0.351 e. The highest BCUT2D eigenvalue weighted by Gasteiger charge is 2.23. The Bertz CT molecular complexity index is 356. The average Bonchev–Trinajstić information content (AvgIpc) is 2.29. The average molecular weight is 284 g/mol. The van der Waals surface area contributed by atoms with Gasteiger partial charge in [-0.3, -0.25) is 0 Å². The van der Waals surface area contributed by atoms with E-state index in [9.17, 15) is 0 Å². The number of halogens is 1. The van der Waals surface area contributed by atoms with E-state index in [1.54, 1.807) is 0 Å². The first-order valence-corrected chi connectivity index (χ1v) is 6.79. The van der Waals surface area contributed by atoms with E-state index in [2.05, 4.69) is 50.8 Å². The Labute approximate surface area is 106 Å². The fourth-order valence-electron chi connectivity index (χ4n) is 2.25. The van der Waals surface area contributed by atoms with Crippen molar-refractivity contribution in [3.05, 3.63) is 23.9 Å². The van der Waals surface area contributed by atoms with E-state index >= 15 is 0 Å². The molecule has 0 amide bonds. The predicted octanol–water partition coefficient (Wildman–Crippen LogP) is 2.12. The lowest BCUT2D eigenvalue weighted by atomic mass is 10.1. The van der Waals surface area contributed by atoms with Crippen LogP contribution in [-0.2, 0) is 5.33 Å². The van der Waals surface area contributed by atoms with Gasteiger partial charge in [-0.15, -0.1) is 0 Å². The van der Waals surface area contributed by atoms with Crippen LogP contribution in [0.25, 0.3) is 0 Å². The Hall–Kier alpha value is -0.610. The molecule has 1 saturated heterocycles. The number of anilines is 1. The van der Waals surface area contributed by atoms with Crippen molar-refractivity contribution in [3.8, 4) is 0 Å². The molecular weight excluding hydrogens is 266 g/mol. The number of nitrogens with zero attached hydrogens (tertiary/aromatic N) is 3. The van der Waals surface area contributed by atoms with Crippen LogP contribution in [0.15, 0.2) is 18.3 Å². The van der Waals surface area contributed by atoms with Gasteiger partial charge in [-0.1, -0.05) is 22.0 Å². The van der Waals surface area contributed by atoms with Crippen molar-refractivity contribution < 1.29 is 0 Å². The molecular formula is C12H18BrN3. The molecule has 88 valence electrons. The fourth-order valence-corrected chi connectivity index (χ4v) is 2.69. The summed E-state index contributed by atoms with van der Waals surface area (Å²) in [6, 6.07) is 4.68. The second kappa shape index (κ2) is 5.15. The van der Waals surface area contributed by atoms with E-state index in [1.165, 1.54) is 5.56 Å². The molecule has 2 heterocycles. The minimum atomic E-state index is 0.534. The zero-order valence-electron chi connectivity index (χ0n) is 9.86. The van der Waals surface area contributed by atoms with E-state index in [4.69, 9.17) is 0 Å². The number of alkyl halides is 1. The first-order valence-electron chi connectivity index (χ1n) is 5.67. The summed E-state index contributed by atoms with van der Waals surface area (Å²) in [5.41, 5.74) is 1.28. The third-order valence-corrected chi connectivity index (χ3v) is 3.72. The van der Waals surface area contributed by atoms with Crippen molar-refractivity contribution in [3.63, 3.8) is 0 Å². The second-order valence-corrected chi connectivity index (χ2v) is 4.99. The van der Waals surface area contributed by atoms with Crippen molar-refractivity contribution in [1.82, 2.24) is 9.88 Å². The van der Waals surface area contributed by atoms with Gasteiger partial charge in [-0.2, -0.15) is 0 Å². The normalized spacial score (nSPS) is 22.4. The topological polar surface area (TPSA) is 19.4 Å². The van der Waals surface area contributed by atoms with Crippen molar-refractivity contribution in [1.29, 1.82) is 0 Å². The summed E-state index contributed by atoms with van der Waals surface area (Å²) in [6.07, 6.45) is 1.88. The van der Waals surface area contributed by atoms with Crippen LogP contribution in [0.3, 0.4) is 0 Å². The van der Waals surface area contributed by atoms with Crippen LogP contribution in [0.1, 0.15) is 12.5 Å². The molecule has 1 unspecified atom stereocenters. The molecule has 1 aliphatic rings. The zero-order chi connectivity index (χ0) is 11.5. The molecule has 4 heteroatoms. The summed E-state index contributed by atoms with van der Waals surface area (Å²) in [5.74, 6) is 1.14. The molecule has 3 nitrogen and oxygen atoms in total. The minimum absolute atomic E-state index is 0.534. The number of likely N-dealkylation sites (N-methyl/N-ethyl adjacent to an activating group) is 1. The van der Waals surface area contributed by atoms with E-state index in [-0.39, 0.29) is 0 Å². The Morgan fingerprint density at radius 1 is 1.50 bits per heavy atom. The van der Waals surface area contributed by atoms with Crippen LogP contribution in [0, 0.1) is 0 Å². The van der Waals surface area contributed by atoms with Crippen LogP contribution >= 0.6 is 15.9 Å². The number of rotatable bonds is 2. The monoisotopic (exact) mass is 283 g/mol. The Kier molecular flexibility index (Phi) is 3.82. The summed E-state index contributed by atoms with van der Waals surface area (Å²) in [6.45, 7) is 5.55. The number of hydrogen-bond donors (Lipinski definition) is 0. The Morgan fingerprint density at radius 2 is 2.31 bits per heavy atom. The molecule has 0 spiro atoms. The van der Waals surface area contributed by atoms with Gasteiger partial charge in [0.05, 0.1) is 0 Å². The Balaban J connectivity index is 2.23. The molecule has 1 aromatic rings. The lowest BCUT2D eigenvalue weighted by Gasteiger charge is -2.39. The van der Waals surface area contributed by atoms with Crippen LogP contribution < -0.4 is 4.90 Å². The maximum atomic E-state index is 4.53. The molecule has 0 aromatic carbocycles. The predicted molar refractivity (Wildman–Crippen MR) is 71.2 cm³/mol. The molecule has 1 aromatic heterocycles. The molecule has 2 rings (SSSR count). The highest BCUT2D eigenvalue weighted by molar-refractivity contribution is 9.08. The van der Waals surface area contributed by atoms with E-state index in [0.29, 0.717) is 6.04 Å². The quantitative estimate of drug-likeness (QED) is 0.775. The van der Waals surface area contributed by atoms with Crippen molar-refractivity contribution >= 4 is 21.7 Å². The molecule has 16 heavy (non-hydrogen) atoms. The van der Waals surface area contributed by atoms with Crippen molar-refractivity contribution in [2.75, 3.05) is 31.6 Å². The summed E-state index contributed by atoms with van der Waals surface area (Å²) < 4.78 is 0. The summed E-state index contributed by atoms with van der Waals surface area (Å²) in [5, 5.41) is 0.870. The molecule has 1 fully saturated rings. The SMILES string of the molecule is CC1CN(C)CCN1c1ncccc1CBr. The first-order chi connectivity index (χ1) is 7.72. The second-order valence-electron chi connectivity index (χ2n) is 4.42. The maximum absolute atomic E-state index is 4.53. The molecule has 0 saturated carbocycles. The summed E-state index contributed by atoms with van der Waals surface area (Å²) in [7, 11) is 2.18. The van der Waals surface area contributed by atoms with E-state index in [0.717, 1.165) is 30.8 Å². The molecule has 0 bridgehead atoms. The van der Waals surface area contributed by atoms with Crippen LogP contribution in [0.5, 0.6) is 0 Å². The maximum Gasteiger partial charge on any atom is 0.132 e. The van der Waals surface area contributed by atoms with E-state index < -0.39 is 0 Å². The molecule has 0 N–H and O–H groups in total. The number of aromatic nitrogens is 1. The largest absolute Gasteiger partial charge is 0.351 e. The number of pyridine rings is 1. The molecule has 0 aliphatic carbocycles. The van der Waals surface area contributed by atoms with Gasteiger partial charge >= 0.3 is 0 Å². The molecule has 1 aliphatic heterocycles. The lowest BCUT2D eigenvalue weighted by molar-refractivity contribution is 0.274.